The van der Waals surface area contributed by atoms with Gasteiger partial charge in [-0.25, -0.2) is 9.97 Å². The van der Waals surface area contributed by atoms with Gasteiger partial charge in [0.1, 0.15) is 0 Å². The van der Waals surface area contributed by atoms with Gasteiger partial charge in [0.15, 0.2) is 5.82 Å². The number of hydrogen-bond acceptors (Lipinski definition) is 3. The molecule has 142 valence electrons. The zero-order chi connectivity index (χ0) is 18.9. The highest BCUT2D eigenvalue weighted by atomic mass is 15.1. The van der Waals surface area contributed by atoms with E-state index in [2.05, 4.69) is 42.8 Å². The Kier molecular flexibility index (Phi) is 5.14. The normalized spacial score (nSPS) is 19.8. The van der Waals surface area contributed by atoms with Crippen LogP contribution in [0.3, 0.4) is 0 Å². The van der Waals surface area contributed by atoms with Crippen molar-refractivity contribution in [2.24, 2.45) is 5.41 Å². The van der Waals surface area contributed by atoms with Crippen molar-refractivity contribution in [3.8, 4) is 11.4 Å². The third-order valence-electron chi connectivity index (χ3n) is 6.41. The molecule has 0 N–H and O–H groups in total. The molecule has 0 saturated heterocycles. The number of rotatable bonds is 4. The van der Waals surface area contributed by atoms with Crippen LogP contribution in [0.4, 0.5) is 0 Å². The molecule has 0 bridgehead atoms. The van der Waals surface area contributed by atoms with Crippen LogP contribution in [0, 0.1) is 5.41 Å². The lowest BCUT2D eigenvalue weighted by Crippen LogP contribution is -2.33. The van der Waals surface area contributed by atoms with E-state index in [4.69, 9.17) is 4.98 Å². The van der Waals surface area contributed by atoms with Crippen LogP contribution in [0.25, 0.3) is 11.4 Å². The molecule has 0 amide bonds. The van der Waals surface area contributed by atoms with Gasteiger partial charge in [0.2, 0.25) is 0 Å². The van der Waals surface area contributed by atoms with Crippen molar-refractivity contribution >= 4 is 0 Å². The van der Waals surface area contributed by atoms with Gasteiger partial charge < -0.3 is 0 Å². The molecule has 0 atom stereocenters. The topological polar surface area (TPSA) is 29.0 Å². The van der Waals surface area contributed by atoms with Gasteiger partial charge >= 0.3 is 0 Å². The molecule has 2 aromatic rings. The minimum atomic E-state index is 0.379. The Hall–Kier alpha value is -2.00. The van der Waals surface area contributed by atoms with Gasteiger partial charge in [0.25, 0.3) is 0 Å². The average Bonchev–Trinajstić information content (AvgIpc) is 2.67. The molecule has 3 nitrogen and oxygen atoms in total. The molecule has 0 spiro atoms. The third-order valence-corrected chi connectivity index (χ3v) is 6.41. The van der Waals surface area contributed by atoms with E-state index in [1.54, 1.807) is 11.1 Å². The van der Waals surface area contributed by atoms with Crippen LogP contribution in [0.1, 0.15) is 57.7 Å². The molecule has 2 heterocycles. The molecule has 1 aliphatic heterocycles. The predicted octanol–water partition coefficient (Wildman–Crippen LogP) is 5.42. The summed E-state index contributed by atoms with van der Waals surface area (Å²) in [7, 11) is 0. The summed E-state index contributed by atoms with van der Waals surface area (Å²) < 4.78 is 0. The molecule has 0 fully saturated rings. The standard InChI is InChI=1S/C24H31N3/c1-18-8-7-13-24(2,3)21(18)11-14-27-15-12-22-20(17-27)16-25-23(26-22)19-9-5-4-6-10-19/h4-6,9-10,16H,7-8,11-15,17H2,1-3H3. The van der Waals surface area contributed by atoms with Crippen LogP contribution < -0.4 is 0 Å². The van der Waals surface area contributed by atoms with Gasteiger partial charge in [-0.2, -0.15) is 0 Å². The van der Waals surface area contributed by atoms with E-state index < -0.39 is 0 Å². The summed E-state index contributed by atoms with van der Waals surface area (Å²) in [5, 5.41) is 0. The Morgan fingerprint density at radius 2 is 1.93 bits per heavy atom. The van der Waals surface area contributed by atoms with E-state index in [0.29, 0.717) is 5.41 Å². The second-order valence-electron chi connectivity index (χ2n) is 8.80. The molecule has 1 aromatic carbocycles. The van der Waals surface area contributed by atoms with Crippen LogP contribution >= 0.6 is 0 Å². The molecule has 1 aliphatic carbocycles. The maximum Gasteiger partial charge on any atom is 0.159 e. The van der Waals surface area contributed by atoms with Gasteiger partial charge in [-0.15, -0.1) is 0 Å². The van der Waals surface area contributed by atoms with E-state index in [1.807, 2.05) is 24.4 Å². The fourth-order valence-electron chi connectivity index (χ4n) is 4.79. The maximum absolute atomic E-state index is 4.86. The minimum absolute atomic E-state index is 0.379. The third kappa shape index (κ3) is 3.98. The van der Waals surface area contributed by atoms with Crippen LogP contribution in [0.5, 0.6) is 0 Å². The largest absolute Gasteiger partial charge is 0.298 e. The summed E-state index contributed by atoms with van der Waals surface area (Å²) in [5.41, 5.74) is 7.35. The fraction of sp³-hybridized carbons (Fsp3) is 0.500. The molecule has 27 heavy (non-hydrogen) atoms. The quantitative estimate of drug-likeness (QED) is 0.681. The Bertz CT molecular complexity index is 836. The molecule has 3 heteroatoms. The first kappa shape index (κ1) is 18.4. The Labute approximate surface area is 163 Å². The number of aromatic nitrogens is 2. The fourth-order valence-corrected chi connectivity index (χ4v) is 4.79. The van der Waals surface area contributed by atoms with Crippen molar-refractivity contribution < 1.29 is 0 Å². The summed E-state index contributed by atoms with van der Waals surface area (Å²) in [6, 6.07) is 10.3. The molecule has 1 aromatic heterocycles. The van der Waals surface area contributed by atoms with Crippen LogP contribution in [-0.4, -0.2) is 28.0 Å². The average molecular weight is 362 g/mol. The van der Waals surface area contributed by atoms with E-state index in [-0.39, 0.29) is 0 Å². The van der Waals surface area contributed by atoms with Crippen LogP contribution in [-0.2, 0) is 13.0 Å². The summed E-state index contributed by atoms with van der Waals surface area (Å²) in [5.74, 6) is 0.854. The molecular formula is C24H31N3. The number of allylic oxidation sites excluding steroid dienone is 1. The summed E-state index contributed by atoms with van der Waals surface area (Å²) in [6.45, 7) is 10.4. The van der Waals surface area contributed by atoms with E-state index in [0.717, 1.165) is 37.4 Å². The zero-order valence-electron chi connectivity index (χ0n) is 17.0. The highest BCUT2D eigenvalue weighted by molar-refractivity contribution is 5.54. The lowest BCUT2D eigenvalue weighted by molar-refractivity contribution is 0.243. The van der Waals surface area contributed by atoms with Crippen molar-refractivity contribution in [2.45, 2.75) is 59.4 Å². The number of fused-ring (bicyclic) bond motifs is 1. The lowest BCUT2D eigenvalue weighted by Gasteiger charge is -2.36. The van der Waals surface area contributed by atoms with Crippen molar-refractivity contribution in [2.75, 3.05) is 13.1 Å². The number of benzene rings is 1. The molecular weight excluding hydrogens is 330 g/mol. The maximum atomic E-state index is 4.86. The van der Waals surface area contributed by atoms with E-state index in [9.17, 15) is 0 Å². The summed E-state index contributed by atoms with van der Waals surface area (Å²) in [6.07, 6.45) is 8.25. The first-order valence-corrected chi connectivity index (χ1v) is 10.3. The molecule has 0 radical (unpaired) electrons. The smallest absolute Gasteiger partial charge is 0.159 e. The SMILES string of the molecule is CC1=C(CCN2CCc3nc(-c4ccccc4)ncc3C2)C(C)(C)CCC1. The van der Waals surface area contributed by atoms with Crippen molar-refractivity contribution in [1.29, 1.82) is 0 Å². The minimum Gasteiger partial charge on any atom is -0.298 e. The van der Waals surface area contributed by atoms with Crippen LogP contribution in [0.2, 0.25) is 0 Å². The van der Waals surface area contributed by atoms with Gasteiger partial charge in [0, 0.05) is 43.4 Å². The monoisotopic (exact) mass is 361 g/mol. The van der Waals surface area contributed by atoms with Gasteiger partial charge in [-0.05, 0) is 38.0 Å². The van der Waals surface area contributed by atoms with Crippen molar-refractivity contribution in [3.05, 3.63) is 58.9 Å². The second kappa shape index (κ2) is 7.55. The lowest BCUT2D eigenvalue weighted by atomic mass is 9.71. The first-order valence-electron chi connectivity index (χ1n) is 10.3. The Morgan fingerprint density at radius 3 is 2.70 bits per heavy atom. The highest BCUT2D eigenvalue weighted by Crippen LogP contribution is 2.41. The number of nitrogens with zero attached hydrogens (tertiary/aromatic N) is 3. The molecule has 0 saturated carbocycles. The van der Waals surface area contributed by atoms with Crippen molar-refractivity contribution in [3.63, 3.8) is 0 Å². The van der Waals surface area contributed by atoms with Gasteiger partial charge in [-0.3, -0.25) is 4.90 Å². The van der Waals surface area contributed by atoms with Crippen molar-refractivity contribution in [1.82, 2.24) is 14.9 Å². The summed E-state index contributed by atoms with van der Waals surface area (Å²) in [4.78, 5) is 12.1. The predicted molar refractivity (Wildman–Crippen MR) is 111 cm³/mol. The molecule has 4 rings (SSSR count). The first-order chi connectivity index (χ1) is 13.0. The zero-order valence-corrected chi connectivity index (χ0v) is 17.0. The van der Waals surface area contributed by atoms with Gasteiger partial charge in [0.05, 0.1) is 5.69 Å². The van der Waals surface area contributed by atoms with E-state index >= 15 is 0 Å². The Morgan fingerprint density at radius 1 is 1.11 bits per heavy atom. The van der Waals surface area contributed by atoms with Gasteiger partial charge in [-0.1, -0.05) is 55.3 Å². The van der Waals surface area contributed by atoms with Crippen LogP contribution in [0.15, 0.2) is 47.7 Å². The second-order valence-corrected chi connectivity index (χ2v) is 8.80. The van der Waals surface area contributed by atoms with E-state index in [1.165, 1.54) is 36.9 Å². The molecule has 2 aliphatic rings. The number of hydrogen-bond donors (Lipinski definition) is 0. The summed E-state index contributed by atoms with van der Waals surface area (Å²) >= 11 is 0. The highest BCUT2D eigenvalue weighted by Gasteiger charge is 2.28. The molecule has 0 unspecified atom stereocenters. The Balaban J connectivity index is 1.43.